The zero-order chi connectivity index (χ0) is 13.7. The molecule has 0 radical (unpaired) electrons. The molecule has 19 heavy (non-hydrogen) atoms. The van der Waals surface area contributed by atoms with Gasteiger partial charge < -0.3 is 10.1 Å². The lowest BCUT2D eigenvalue weighted by molar-refractivity contribution is -0.143. The number of fused-ring (bicyclic) bond motifs is 1. The Morgan fingerprint density at radius 1 is 1.37 bits per heavy atom. The average Bonchev–Trinajstić information content (AvgIpc) is 2.39. The van der Waals surface area contributed by atoms with E-state index in [4.69, 9.17) is 4.74 Å². The third-order valence-electron chi connectivity index (χ3n) is 3.58. The van der Waals surface area contributed by atoms with Crippen LogP contribution in [0.25, 0.3) is 0 Å². The Kier molecular flexibility index (Phi) is 4.83. The highest BCUT2D eigenvalue weighted by molar-refractivity contribution is 5.71. The molecule has 0 spiro atoms. The highest BCUT2D eigenvalue weighted by Crippen LogP contribution is 2.28. The van der Waals surface area contributed by atoms with Crippen molar-refractivity contribution >= 4 is 11.7 Å². The van der Waals surface area contributed by atoms with Gasteiger partial charge in [-0.1, -0.05) is 12.1 Å². The van der Waals surface area contributed by atoms with E-state index in [1.54, 1.807) is 0 Å². The normalized spacial score (nSPS) is 15.5. The van der Waals surface area contributed by atoms with Crippen molar-refractivity contribution in [3.8, 4) is 0 Å². The van der Waals surface area contributed by atoms with Gasteiger partial charge in [-0.25, -0.2) is 0 Å². The largest absolute Gasteiger partial charge is 0.466 e. The Labute approximate surface area is 115 Å². The highest BCUT2D eigenvalue weighted by atomic mass is 16.5. The molecule has 0 heterocycles. The SMILES string of the molecule is CCOC(=O)CC(C)Nc1cccc2c1CCCC2. The molecule has 1 N–H and O–H groups in total. The zero-order valence-corrected chi connectivity index (χ0v) is 11.9. The van der Waals surface area contributed by atoms with E-state index in [-0.39, 0.29) is 12.0 Å². The van der Waals surface area contributed by atoms with Crippen molar-refractivity contribution in [1.82, 2.24) is 0 Å². The van der Waals surface area contributed by atoms with Crippen LogP contribution in [0.15, 0.2) is 18.2 Å². The second kappa shape index (κ2) is 6.60. The number of carbonyl (C=O) groups is 1. The van der Waals surface area contributed by atoms with E-state index in [0.29, 0.717) is 13.0 Å². The van der Waals surface area contributed by atoms with E-state index in [9.17, 15) is 4.79 Å². The van der Waals surface area contributed by atoms with E-state index >= 15 is 0 Å². The van der Waals surface area contributed by atoms with E-state index in [0.717, 1.165) is 6.42 Å². The first-order valence-corrected chi connectivity index (χ1v) is 7.23. The Bertz CT molecular complexity index is 442. The second-order valence-electron chi connectivity index (χ2n) is 5.20. The number of ether oxygens (including phenoxy) is 1. The maximum absolute atomic E-state index is 11.5. The molecular weight excluding hydrogens is 238 g/mol. The first-order chi connectivity index (χ1) is 9.20. The average molecular weight is 261 g/mol. The van der Waals surface area contributed by atoms with Crippen molar-refractivity contribution in [1.29, 1.82) is 0 Å². The monoisotopic (exact) mass is 261 g/mol. The molecule has 3 heteroatoms. The number of hydrogen-bond acceptors (Lipinski definition) is 3. The number of benzene rings is 1. The lowest BCUT2D eigenvalue weighted by Crippen LogP contribution is -2.22. The molecule has 104 valence electrons. The summed E-state index contributed by atoms with van der Waals surface area (Å²) in [6.45, 7) is 4.31. The number of esters is 1. The van der Waals surface area contributed by atoms with Crippen molar-refractivity contribution in [2.45, 2.75) is 52.0 Å². The summed E-state index contributed by atoms with van der Waals surface area (Å²) in [7, 11) is 0. The summed E-state index contributed by atoms with van der Waals surface area (Å²) < 4.78 is 4.98. The van der Waals surface area contributed by atoms with Gasteiger partial charge in [0.05, 0.1) is 13.0 Å². The molecule has 3 nitrogen and oxygen atoms in total. The van der Waals surface area contributed by atoms with Gasteiger partial charge in [-0.15, -0.1) is 0 Å². The van der Waals surface area contributed by atoms with Crippen LogP contribution in [0.5, 0.6) is 0 Å². The van der Waals surface area contributed by atoms with Crippen LogP contribution in [0.2, 0.25) is 0 Å². The molecule has 1 aromatic carbocycles. The summed E-state index contributed by atoms with van der Waals surface area (Å²) in [4.78, 5) is 11.5. The molecule has 0 fully saturated rings. The molecule has 1 atom stereocenters. The van der Waals surface area contributed by atoms with Gasteiger partial charge in [-0.2, -0.15) is 0 Å². The summed E-state index contributed by atoms with van der Waals surface area (Å²) in [5, 5.41) is 3.46. The van der Waals surface area contributed by atoms with Crippen LogP contribution >= 0.6 is 0 Å². The molecule has 1 aromatic rings. The van der Waals surface area contributed by atoms with Crippen LogP contribution in [0.1, 0.15) is 44.2 Å². The van der Waals surface area contributed by atoms with Crippen molar-refractivity contribution in [2.24, 2.45) is 0 Å². The van der Waals surface area contributed by atoms with Crippen molar-refractivity contribution in [3.63, 3.8) is 0 Å². The van der Waals surface area contributed by atoms with Crippen LogP contribution in [-0.4, -0.2) is 18.6 Å². The summed E-state index contributed by atoms with van der Waals surface area (Å²) in [5.41, 5.74) is 4.08. The number of hydrogen-bond donors (Lipinski definition) is 1. The van der Waals surface area contributed by atoms with E-state index in [1.165, 1.54) is 36.1 Å². The minimum atomic E-state index is -0.132. The fourth-order valence-corrected chi connectivity index (χ4v) is 2.70. The summed E-state index contributed by atoms with van der Waals surface area (Å²) in [6.07, 6.45) is 5.28. The third-order valence-corrected chi connectivity index (χ3v) is 3.58. The standard InChI is InChI=1S/C16H23NO2/c1-3-19-16(18)11-12(2)17-15-10-6-8-13-7-4-5-9-14(13)15/h6,8,10,12,17H,3-5,7,9,11H2,1-2H3. The summed E-state index contributed by atoms with van der Waals surface area (Å²) in [6, 6.07) is 6.54. The van der Waals surface area contributed by atoms with Crippen LogP contribution in [0.4, 0.5) is 5.69 Å². The number of carbonyl (C=O) groups excluding carboxylic acids is 1. The molecule has 0 saturated carbocycles. The molecule has 1 aliphatic carbocycles. The summed E-state index contributed by atoms with van der Waals surface area (Å²) in [5.74, 6) is -0.132. The van der Waals surface area contributed by atoms with Gasteiger partial charge in [0, 0.05) is 11.7 Å². The second-order valence-corrected chi connectivity index (χ2v) is 5.20. The third kappa shape index (κ3) is 3.72. The summed E-state index contributed by atoms with van der Waals surface area (Å²) >= 11 is 0. The molecule has 0 bridgehead atoms. The van der Waals surface area contributed by atoms with Gasteiger partial charge in [0.25, 0.3) is 0 Å². The topological polar surface area (TPSA) is 38.3 Å². The van der Waals surface area contributed by atoms with Crippen LogP contribution in [0, 0.1) is 0 Å². The van der Waals surface area contributed by atoms with Gasteiger partial charge in [0.15, 0.2) is 0 Å². The fourth-order valence-electron chi connectivity index (χ4n) is 2.70. The fraction of sp³-hybridized carbons (Fsp3) is 0.562. The molecule has 0 aliphatic heterocycles. The van der Waals surface area contributed by atoms with Crippen molar-refractivity contribution in [2.75, 3.05) is 11.9 Å². The Balaban J connectivity index is 2.00. The van der Waals surface area contributed by atoms with Crippen LogP contribution < -0.4 is 5.32 Å². The Hall–Kier alpha value is -1.51. The molecule has 1 unspecified atom stereocenters. The molecule has 2 rings (SSSR count). The van der Waals surface area contributed by atoms with Crippen molar-refractivity contribution in [3.05, 3.63) is 29.3 Å². The quantitative estimate of drug-likeness (QED) is 0.826. The molecule has 0 saturated heterocycles. The molecular formula is C16H23NO2. The van der Waals surface area contributed by atoms with E-state index in [2.05, 4.69) is 23.5 Å². The molecule has 1 aliphatic rings. The Morgan fingerprint density at radius 3 is 2.95 bits per heavy atom. The molecule has 0 aromatic heterocycles. The first kappa shape index (κ1) is 13.9. The van der Waals surface area contributed by atoms with E-state index < -0.39 is 0 Å². The predicted octanol–water partition coefficient (Wildman–Crippen LogP) is 3.32. The maximum atomic E-state index is 11.5. The van der Waals surface area contributed by atoms with Crippen LogP contribution in [-0.2, 0) is 22.4 Å². The van der Waals surface area contributed by atoms with Crippen LogP contribution in [0.3, 0.4) is 0 Å². The zero-order valence-electron chi connectivity index (χ0n) is 11.9. The number of aryl methyl sites for hydroxylation is 1. The predicted molar refractivity (Wildman–Crippen MR) is 77.4 cm³/mol. The number of rotatable bonds is 5. The number of anilines is 1. The minimum Gasteiger partial charge on any atom is -0.466 e. The van der Waals surface area contributed by atoms with Gasteiger partial charge in [0.2, 0.25) is 0 Å². The minimum absolute atomic E-state index is 0.104. The van der Waals surface area contributed by atoms with Gasteiger partial charge in [-0.05, 0) is 56.7 Å². The van der Waals surface area contributed by atoms with Gasteiger partial charge in [0.1, 0.15) is 0 Å². The van der Waals surface area contributed by atoms with Gasteiger partial charge >= 0.3 is 5.97 Å². The first-order valence-electron chi connectivity index (χ1n) is 7.23. The highest BCUT2D eigenvalue weighted by Gasteiger charge is 2.15. The maximum Gasteiger partial charge on any atom is 0.307 e. The van der Waals surface area contributed by atoms with Crippen molar-refractivity contribution < 1.29 is 9.53 Å². The lowest BCUT2D eigenvalue weighted by Gasteiger charge is -2.22. The van der Waals surface area contributed by atoms with E-state index in [1.807, 2.05) is 13.8 Å². The smallest absolute Gasteiger partial charge is 0.307 e. The Morgan fingerprint density at radius 2 is 2.16 bits per heavy atom. The number of nitrogens with one attached hydrogen (secondary N) is 1. The molecule has 0 amide bonds. The van der Waals surface area contributed by atoms with Gasteiger partial charge in [-0.3, -0.25) is 4.79 Å². The lowest BCUT2D eigenvalue weighted by atomic mass is 9.90.